The van der Waals surface area contributed by atoms with E-state index in [0.29, 0.717) is 25.5 Å². The number of nitrogens with one attached hydrogen (secondary N) is 2. The second-order valence-electron chi connectivity index (χ2n) is 6.14. The third kappa shape index (κ3) is 9.43. The van der Waals surface area contributed by atoms with E-state index in [-0.39, 0.29) is 5.97 Å². The smallest absolute Gasteiger partial charge is 0.305 e. The number of ether oxygens (including phenoxy) is 1. The van der Waals surface area contributed by atoms with Crippen LogP contribution in [0.5, 0.6) is 0 Å². The van der Waals surface area contributed by atoms with Crippen LogP contribution in [0.2, 0.25) is 0 Å². The molecule has 1 heterocycles. The van der Waals surface area contributed by atoms with Crippen molar-refractivity contribution in [1.29, 1.82) is 0 Å². The van der Waals surface area contributed by atoms with Crippen LogP contribution >= 0.6 is 11.3 Å². The number of guanidine groups is 1. The Labute approximate surface area is 155 Å². The van der Waals surface area contributed by atoms with Gasteiger partial charge in [0.2, 0.25) is 0 Å². The molecule has 2 N–H and O–H groups in total. The van der Waals surface area contributed by atoms with E-state index in [1.54, 1.807) is 18.4 Å². The normalized spacial score (nSPS) is 11.6. The van der Waals surface area contributed by atoms with Gasteiger partial charge in [-0.3, -0.25) is 9.79 Å². The molecular weight excluding hydrogens is 336 g/mol. The summed E-state index contributed by atoms with van der Waals surface area (Å²) in [6, 6.07) is 0. The van der Waals surface area contributed by atoms with Crippen LogP contribution in [0.25, 0.3) is 0 Å². The fourth-order valence-corrected chi connectivity index (χ4v) is 3.13. The third-order valence-corrected chi connectivity index (χ3v) is 4.56. The quantitative estimate of drug-likeness (QED) is 0.271. The average Bonchev–Trinajstić information content (AvgIpc) is 3.06. The summed E-state index contributed by atoms with van der Waals surface area (Å²) < 4.78 is 4.91. The number of unbranched alkanes of at least 4 members (excludes halogenated alkanes) is 3. The molecule has 0 atom stereocenters. The number of thiazole rings is 1. The number of carbonyl (C=O) groups is 1. The number of esters is 1. The standard InChI is InChI=1S/C18H32N4O2S/c1-5-24-17(23)10-8-6-7-9-11-20-18(19-4)21-12-16-22-15(13-25-16)14(2)3/h13-14H,5-12H2,1-4H3,(H2,19,20,21). The topological polar surface area (TPSA) is 75.6 Å². The first-order chi connectivity index (χ1) is 12.1. The van der Waals surface area contributed by atoms with Crippen molar-refractivity contribution in [2.24, 2.45) is 4.99 Å². The second-order valence-corrected chi connectivity index (χ2v) is 7.09. The van der Waals surface area contributed by atoms with Crippen molar-refractivity contribution >= 4 is 23.3 Å². The lowest BCUT2D eigenvalue weighted by Crippen LogP contribution is -2.37. The predicted octanol–water partition coefficient (Wildman–Crippen LogP) is 3.45. The van der Waals surface area contributed by atoms with Crippen LogP contribution in [0, 0.1) is 0 Å². The minimum absolute atomic E-state index is 0.0898. The van der Waals surface area contributed by atoms with Crippen LogP contribution in [0.3, 0.4) is 0 Å². The number of aliphatic imine (C=N–C) groups is 1. The van der Waals surface area contributed by atoms with Gasteiger partial charge in [-0.15, -0.1) is 11.3 Å². The lowest BCUT2D eigenvalue weighted by molar-refractivity contribution is -0.143. The Balaban J connectivity index is 2.11. The van der Waals surface area contributed by atoms with Crippen molar-refractivity contribution in [2.75, 3.05) is 20.2 Å². The van der Waals surface area contributed by atoms with Gasteiger partial charge in [0.15, 0.2) is 5.96 Å². The molecule has 0 unspecified atom stereocenters. The molecule has 0 saturated heterocycles. The van der Waals surface area contributed by atoms with Crippen molar-refractivity contribution in [3.63, 3.8) is 0 Å². The highest BCUT2D eigenvalue weighted by atomic mass is 32.1. The summed E-state index contributed by atoms with van der Waals surface area (Å²) in [5.41, 5.74) is 1.15. The molecule has 0 aliphatic rings. The molecule has 0 aromatic carbocycles. The third-order valence-electron chi connectivity index (χ3n) is 3.70. The van der Waals surface area contributed by atoms with Crippen molar-refractivity contribution in [2.45, 2.75) is 65.3 Å². The summed E-state index contributed by atoms with van der Waals surface area (Å²) in [4.78, 5) is 20.1. The van der Waals surface area contributed by atoms with Gasteiger partial charge in [-0.25, -0.2) is 4.98 Å². The van der Waals surface area contributed by atoms with Crippen LogP contribution in [-0.2, 0) is 16.1 Å². The number of rotatable bonds is 11. The van der Waals surface area contributed by atoms with Crippen LogP contribution in [0.15, 0.2) is 10.4 Å². The molecular formula is C18H32N4O2S. The van der Waals surface area contributed by atoms with Gasteiger partial charge in [0.1, 0.15) is 5.01 Å². The van der Waals surface area contributed by atoms with Crippen molar-refractivity contribution < 1.29 is 9.53 Å². The summed E-state index contributed by atoms with van der Waals surface area (Å²) in [6.45, 7) is 8.17. The van der Waals surface area contributed by atoms with E-state index in [0.717, 1.165) is 48.9 Å². The Morgan fingerprint density at radius 3 is 2.68 bits per heavy atom. The zero-order valence-corrected chi connectivity index (χ0v) is 16.7. The summed E-state index contributed by atoms with van der Waals surface area (Å²) >= 11 is 1.68. The molecule has 0 bridgehead atoms. The molecule has 0 saturated carbocycles. The molecule has 25 heavy (non-hydrogen) atoms. The van der Waals surface area contributed by atoms with Gasteiger partial charge < -0.3 is 15.4 Å². The minimum atomic E-state index is -0.0898. The van der Waals surface area contributed by atoms with Crippen LogP contribution in [0.1, 0.15) is 69.5 Å². The summed E-state index contributed by atoms with van der Waals surface area (Å²) in [5, 5.41) is 9.80. The zero-order chi connectivity index (χ0) is 18.5. The minimum Gasteiger partial charge on any atom is -0.466 e. The molecule has 1 aromatic heterocycles. The maximum atomic E-state index is 11.2. The molecule has 1 aromatic rings. The number of nitrogens with zero attached hydrogens (tertiary/aromatic N) is 2. The molecule has 0 radical (unpaired) electrons. The molecule has 6 nitrogen and oxygen atoms in total. The zero-order valence-electron chi connectivity index (χ0n) is 15.9. The monoisotopic (exact) mass is 368 g/mol. The number of hydrogen-bond donors (Lipinski definition) is 2. The highest BCUT2D eigenvalue weighted by Crippen LogP contribution is 2.17. The Kier molecular flexibility index (Phi) is 10.9. The fraction of sp³-hybridized carbons (Fsp3) is 0.722. The first-order valence-corrected chi connectivity index (χ1v) is 9.99. The Hall–Kier alpha value is -1.63. The van der Waals surface area contributed by atoms with Gasteiger partial charge in [-0.05, 0) is 25.7 Å². The molecule has 0 fully saturated rings. The van der Waals surface area contributed by atoms with Gasteiger partial charge in [-0.1, -0.05) is 26.7 Å². The summed E-state index contributed by atoms with van der Waals surface area (Å²) in [5.74, 6) is 1.17. The maximum Gasteiger partial charge on any atom is 0.305 e. The van der Waals surface area contributed by atoms with Crippen LogP contribution in [-0.4, -0.2) is 37.1 Å². The maximum absolute atomic E-state index is 11.2. The molecule has 0 spiro atoms. The van der Waals surface area contributed by atoms with Crippen molar-refractivity contribution in [3.8, 4) is 0 Å². The van der Waals surface area contributed by atoms with E-state index in [1.165, 1.54) is 0 Å². The van der Waals surface area contributed by atoms with E-state index in [2.05, 4.69) is 39.8 Å². The average molecular weight is 369 g/mol. The summed E-state index contributed by atoms with van der Waals surface area (Å²) in [7, 11) is 1.77. The lowest BCUT2D eigenvalue weighted by Gasteiger charge is -2.10. The highest BCUT2D eigenvalue weighted by molar-refractivity contribution is 7.09. The van der Waals surface area contributed by atoms with Gasteiger partial charge in [0, 0.05) is 25.4 Å². The van der Waals surface area contributed by atoms with Crippen LogP contribution < -0.4 is 10.6 Å². The first kappa shape index (κ1) is 21.4. The van der Waals surface area contributed by atoms with Gasteiger partial charge in [0.05, 0.1) is 18.8 Å². The lowest BCUT2D eigenvalue weighted by atomic mass is 10.1. The fourth-order valence-electron chi connectivity index (χ4n) is 2.24. The predicted molar refractivity (Wildman–Crippen MR) is 104 cm³/mol. The highest BCUT2D eigenvalue weighted by Gasteiger charge is 2.06. The van der Waals surface area contributed by atoms with Gasteiger partial charge in [0.25, 0.3) is 0 Å². The van der Waals surface area contributed by atoms with Crippen LogP contribution in [0.4, 0.5) is 0 Å². The number of aromatic nitrogens is 1. The van der Waals surface area contributed by atoms with Gasteiger partial charge in [-0.2, -0.15) is 0 Å². The molecule has 142 valence electrons. The first-order valence-electron chi connectivity index (χ1n) is 9.11. The Morgan fingerprint density at radius 2 is 2.04 bits per heavy atom. The number of hydrogen-bond acceptors (Lipinski definition) is 5. The van der Waals surface area contributed by atoms with E-state index in [9.17, 15) is 4.79 Å². The molecule has 0 aliphatic carbocycles. The van der Waals surface area contributed by atoms with Gasteiger partial charge >= 0.3 is 5.97 Å². The molecule has 7 heteroatoms. The largest absolute Gasteiger partial charge is 0.466 e. The number of carbonyl (C=O) groups excluding carboxylic acids is 1. The van der Waals surface area contributed by atoms with E-state index < -0.39 is 0 Å². The van der Waals surface area contributed by atoms with Crippen molar-refractivity contribution in [1.82, 2.24) is 15.6 Å². The molecule has 1 rings (SSSR count). The second kappa shape index (κ2) is 12.7. The van der Waals surface area contributed by atoms with E-state index >= 15 is 0 Å². The van der Waals surface area contributed by atoms with E-state index in [1.807, 2.05) is 6.92 Å². The molecule has 0 aliphatic heterocycles. The van der Waals surface area contributed by atoms with E-state index in [4.69, 9.17) is 4.74 Å². The Bertz CT molecular complexity index is 529. The summed E-state index contributed by atoms with van der Waals surface area (Å²) in [6.07, 6.45) is 4.61. The van der Waals surface area contributed by atoms with Crippen molar-refractivity contribution in [3.05, 3.63) is 16.1 Å². The molecule has 0 amide bonds. The SMILES string of the molecule is CCOC(=O)CCCCCCNC(=NC)NCc1nc(C(C)C)cs1. The Morgan fingerprint density at radius 1 is 1.28 bits per heavy atom.